The molecule has 0 aliphatic carbocycles. The summed E-state index contributed by atoms with van der Waals surface area (Å²) in [6, 6.07) is 3.44. The Morgan fingerprint density at radius 3 is 2.81 bits per heavy atom. The second kappa shape index (κ2) is 7.05. The molecule has 7 heteroatoms. The highest BCUT2D eigenvalue weighted by molar-refractivity contribution is 5.40. The van der Waals surface area contributed by atoms with Crippen molar-refractivity contribution in [3.05, 3.63) is 35.8 Å². The summed E-state index contributed by atoms with van der Waals surface area (Å²) in [6.07, 6.45) is 4.33. The van der Waals surface area contributed by atoms with Gasteiger partial charge in [-0.15, -0.1) is 0 Å². The van der Waals surface area contributed by atoms with Crippen LogP contribution in [0.4, 0.5) is 0 Å². The van der Waals surface area contributed by atoms with Crippen molar-refractivity contribution in [1.82, 2.24) is 20.2 Å². The van der Waals surface area contributed by atoms with Crippen LogP contribution >= 0.6 is 0 Å². The van der Waals surface area contributed by atoms with Crippen LogP contribution in [0.25, 0.3) is 0 Å². The summed E-state index contributed by atoms with van der Waals surface area (Å²) in [5.74, 6) is 6.98. The van der Waals surface area contributed by atoms with Crippen molar-refractivity contribution in [2.45, 2.75) is 25.9 Å². The third-order valence-electron chi connectivity index (χ3n) is 3.25. The van der Waals surface area contributed by atoms with E-state index in [1.165, 1.54) is 0 Å². The predicted molar refractivity (Wildman–Crippen MR) is 79.0 cm³/mol. The number of hydrogen-bond acceptors (Lipinski definition) is 6. The molecule has 114 valence electrons. The maximum Gasteiger partial charge on any atom is 0.218 e. The molecule has 1 unspecified atom stereocenters. The molecule has 0 radical (unpaired) electrons. The maximum atomic E-state index is 5.78. The van der Waals surface area contributed by atoms with Gasteiger partial charge in [0.2, 0.25) is 5.88 Å². The number of nitrogens with two attached hydrogens (primary N) is 1. The van der Waals surface area contributed by atoms with E-state index in [2.05, 4.69) is 22.4 Å². The Bertz CT molecular complexity index is 584. The van der Waals surface area contributed by atoms with Crippen molar-refractivity contribution in [3.8, 4) is 11.6 Å². The number of hydrogen-bond donors (Lipinski definition) is 2. The second-order valence-electron chi connectivity index (χ2n) is 4.52. The topological polar surface area (TPSA) is 87.2 Å². The fourth-order valence-electron chi connectivity index (χ4n) is 2.33. The van der Waals surface area contributed by atoms with Gasteiger partial charge in [-0.2, -0.15) is 5.10 Å². The second-order valence-corrected chi connectivity index (χ2v) is 4.52. The highest BCUT2D eigenvalue weighted by Gasteiger charge is 2.25. The van der Waals surface area contributed by atoms with E-state index in [9.17, 15) is 0 Å². The molecule has 2 rings (SSSR count). The Morgan fingerprint density at radius 2 is 2.19 bits per heavy atom. The van der Waals surface area contributed by atoms with Crippen molar-refractivity contribution in [2.75, 3.05) is 14.2 Å². The van der Waals surface area contributed by atoms with Gasteiger partial charge in [0.25, 0.3) is 0 Å². The van der Waals surface area contributed by atoms with E-state index in [0.29, 0.717) is 11.6 Å². The minimum atomic E-state index is -0.322. The lowest BCUT2D eigenvalue weighted by Gasteiger charge is -2.20. The van der Waals surface area contributed by atoms with E-state index in [0.717, 1.165) is 24.2 Å². The van der Waals surface area contributed by atoms with Crippen LogP contribution in [0.1, 0.15) is 30.6 Å². The number of aromatic nitrogens is 3. The normalized spacial score (nSPS) is 12.2. The van der Waals surface area contributed by atoms with Crippen LogP contribution in [0.5, 0.6) is 11.6 Å². The van der Waals surface area contributed by atoms with Crippen molar-refractivity contribution in [2.24, 2.45) is 5.84 Å². The van der Waals surface area contributed by atoms with Crippen LogP contribution in [0.15, 0.2) is 24.5 Å². The SMILES string of the molecule is CCCn1ncc(OC)c1C(NN)c1cccnc1OC. The molecule has 7 nitrogen and oxygen atoms in total. The third-order valence-corrected chi connectivity index (χ3v) is 3.25. The zero-order valence-electron chi connectivity index (χ0n) is 12.5. The first kappa shape index (κ1) is 15.3. The van der Waals surface area contributed by atoms with Crippen LogP contribution in [0.3, 0.4) is 0 Å². The van der Waals surface area contributed by atoms with Gasteiger partial charge in [-0.25, -0.2) is 10.4 Å². The monoisotopic (exact) mass is 291 g/mol. The average molecular weight is 291 g/mol. The zero-order chi connectivity index (χ0) is 15.2. The van der Waals surface area contributed by atoms with E-state index in [1.807, 2.05) is 16.8 Å². The summed E-state index contributed by atoms with van der Waals surface area (Å²) in [6.45, 7) is 2.87. The first-order valence-electron chi connectivity index (χ1n) is 6.81. The number of methoxy groups -OCH3 is 2. The molecule has 2 aromatic rings. The number of rotatable bonds is 7. The summed E-state index contributed by atoms with van der Waals surface area (Å²) in [5.41, 5.74) is 4.50. The molecule has 0 saturated carbocycles. The minimum absolute atomic E-state index is 0.322. The molecule has 2 aromatic heterocycles. The Hall–Kier alpha value is -2.12. The van der Waals surface area contributed by atoms with E-state index in [1.54, 1.807) is 26.6 Å². The third kappa shape index (κ3) is 2.98. The Balaban J connectivity index is 2.52. The Kier molecular flexibility index (Phi) is 5.13. The number of nitrogens with zero attached hydrogens (tertiary/aromatic N) is 3. The number of aryl methyl sites for hydroxylation is 1. The largest absolute Gasteiger partial charge is 0.493 e. The molecule has 3 N–H and O–H groups in total. The molecule has 0 spiro atoms. The van der Waals surface area contributed by atoms with Gasteiger partial charge in [0, 0.05) is 18.3 Å². The highest BCUT2D eigenvalue weighted by atomic mass is 16.5. The smallest absolute Gasteiger partial charge is 0.218 e. The summed E-state index contributed by atoms with van der Waals surface area (Å²) in [7, 11) is 3.20. The molecule has 0 saturated heterocycles. The van der Waals surface area contributed by atoms with E-state index < -0.39 is 0 Å². The number of pyridine rings is 1. The molecule has 0 aliphatic heterocycles. The number of nitrogens with one attached hydrogen (secondary N) is 1. The quantitative estimate of drug-likeness (QED) is 0.590. The van der Waals surface area contributed by atoms with Crippen LogP contribution in [0.2, 0.25) is 0 Å². The first-order chi connectivity index (χ1) is 10.3. The molecule has 0 aromatic carbocycles. The lowest BCUT2D eigenvalue weighted by Crippen LogP contribution is -2.31. The van der Waals surface area contributed by atoms with Gasteiger partial charge in [0.1, 0.15) is 5.69 Å². The molecule has 0 bridgehead atoms. The fourth-order valence-corrected chi connectivity index (χ4v) is 2.33. The van der Waals surface area contributed by atoms with Crippen molar-refractivity contribution in [1.29, 1.82) is 0 Å². The summed E-state index contributed by atoms with van der Waals surface area (Å²) in [4.78, 5) is 4.22. The molecule has 0 aliphatic rings. The Labute approximate surface area is 124 Å². The first-order valence-corrected chi connectivity index (χ1v) is 6.81. The van der Waals surface area contributed by atoms with Crippen molar-refractivity contribution >= 4 is 0 Å². The lowest BCUT2D eigenvalue weighted by molar-refractivity contribution is 0.377. The predicted octanol–water partition coefficient (Wildman–Crippen LogP) is 1.26. The van der Waals surface area contributed by atoms with Gasteiger partial charge in [0.15, 0.2) is 5.75 Å². The molecule has 0 fully saturated rings. The molecule has 0 amide bonds. The molecular weight excluding hydrogens is 270 g/mol. The molecule has 1 atom stereocenters. The standard InChI is InChI=1S/C14H21N5O2/c1-4-8-19-13(11(20-2)9-17-19)12(18-15)10-6-5-7-16-14(10)21-3/h5-7,9,12,18H,4,8,15H2,1-3H3. The van der Waals surface area contributed by atoms with E-state index >= 15 is 0 Å². The minimum Gasteiger partial charge on any atom is -0.493 e. The van der Waals surface area contributed by atoms with Crippen LogP contribution < -0.4 is 20.7 Å². The van der Waals surface area contributed by atoms with E-state index in [4.69, 9.17) is 15.3 Å². The fraction of sp³-hybridized carbons (Fsp3) is 0.429. The lowest BCUT2D eigenvalue weighted by atomic mass is 10.0. The van der Waals surface area contributed by atoms with Crippen LogP contribution in [-0.2, 0) is 6.54 Å². The molecular formula is C14H21N5O2. The van der Waals surface area contributed by atoms with Gasteiger partial charge in [-0.1, -0.05) is 13.0 Å². The van der Waals surface area contributed by atoms with Gasteiger partial charge < -0.3 is 9.47 Å². The highest BCUT2D eigenvalue weighted by Crippen LogP contribution is 2.33. The van der Waals surface area contributed by atoms with Gasteiger partial charge in [0.05, 0.1) is 26.5 Å². The molecule has 2 heterocycles. The van der Waals surface area contributed by atoms with Gasteiger partial charge in [-0.05, 0) is 12.5 Å². The van der Waals surface area contributed by atoms with Crippen molar-refractivity contribution < 1.29 is 9.47 Å². The number of ether oxygens (including phenoxy) is 2. The zero-order valence-corrected chi connectivity index (χ0v) is 12.5. The van der Waals surface area contributed by atoms with Crippen molar-refractivity contribution in [3.63, 3.8) is 0 Å². The van der Waals surface area contributed by atoms with Crippen LogP contribution in [0, 0.1) is 0 Å². The van der Waals surface area contributed by atoms with Crippen LogP contribution in [-0.4, -0.2) is 29.0 Å². The summed E-state index contributed by atoms with van der Waals surface area (Å²) in [5, 5.41) is 4.36. The van der Waals surface area contributed by atoms with Gasteiger partial charge >= 0.3 is 0 Å². The summed E-state index contributed by atoms with van der Waals surface area (Å²) >= 11 is 0. The van der Waals surface area contributed by atoms with Gasteiger partial charge in [-0.3, -0.25) is 10.5 Å². The maximum absolute atomic E-state index is 5.78. The Morgan fingerprint density at radius 1 is 1.38 bits per heavy atom. The van der Waals surface area contributed by atoms with E-state index in [-0.39, 0.29) is 6.04 Å². The average Bonchev–Trinajstić information content (AvgIpc) is 2.92. The number of hydrazine groups is 1. The summed E-state index contributed by atoms with van der Waals surface area (Å²) < 4.78 is 12.6. The molecule has 21 heavy (non-hydrogen) atoms.